The second kappa shape index (κ2) is 8.30. The number of nitro benzene ring substituents is 1. The molecule has 1 aliphatic heterocycles. The number of non-ortho nitro benzene ring substituents is 1. The number of nitrogens with one attached hydrogen (secondary N) is 1. The maximum absolute atomic E-state index is 12.9. The Labute approximate surface area is 169 Å². The van der Waals surface area contributed by atoms with Gasteiger partial charge in [0.2, 0.25) is 15.9 Å². The summed E-state index contributed by atoms with van der Waals surface area (Å²) in [5, 5.41) is 13.6. The molecule has 1 fully saturated rings. The molecule has 0 bridgehead atoms. The third-order valence-corrected chi connectivity index (χ3v) is 7.16. The summed E-state index contributed by atoms with van der Waals surface area (Å²) in [6.45, 7) is 4.19. The van der Waals surface area contributed by atoms with Gasteiger partial charge in [0.25, 0.3) is 5.69 Å². The van der Waals surface area contributed by atoms with Crippen LogP contribution in [0.5, 0.6) is 0 Å². The first-order chi connectivity index (χ1) is 13.7. The van der Waals surface area contributed by atoms with Crippen LogP contribution in [0, 0.1) is 29.9 Å². The molecule has 1 N–H and O–H groups in total. The van der Waals surface area contributed by atoms with E-state index >= 15 is 0 Å². The van der Waals surface area contributed by atoms with Crippen molar-refractivity contribution < 1.29 is 18.1 Å². The van der Waals surface area contributed by atoms with Crippen LogP contribution in [-0.4, -0.2) is 36.6 Å². The van der Waals surface area contributed by atoms with E-state index in [2.05, 4.69) is 5.32 Å². The van der Waals surface area contributed by atoms with Crippen molar-refractivity contribution in [3.63, 3.8) is 0 Å². The van der Waals surface area contributed by atoms with Crippen LogP contribution < -0.4 is 5.32 Å². The van der Waals surface area contributed by atoms with Crippen molar-refractivity contribution >= 4 is 27.3 Å². The van der Waals surface area contributed by atoms with Gasteiger partial charge < -0.3 is 5.32 Å². The summed E-state index contributed by atoms with van der Waals surface area (Å²) in [4.78, 5) is 23.2. The fraction of sp³-hybridized carbons (Fsp3) is 0.350. The Kier molecular flexibility index (Phi) is 5.99. The second-order valence-corrected chi connectivity index (χ2v) is 9.15. The molecule has 0 aliphatic carbocycles. The number of hydrogen-bond donors (Lipinski definition) is 1. The molecule has 0 atom stereocenters. The van der Waals surface area contributed by atoms with Crippen LogP contribution in [0.25, 0.3) is 0 Å². The van der Waals surface area contributed by atoms with E-state index in [1.54, 1.807) is 25.1 Å². The second-order valence-electron chi connectivity index (χ2n) is 7.24. The quantitative estimate of drug-likeness (QED) is 0.593. The number of anilines is 1. The van der Waals surface area contributed by atoms with E-state index < -0.39 is 14.9 Å². The normalized spacial score (nSPS) is 15.8. The van der Waals surface area contributed by atoms with E-state index in [9.17, 15) is 23.3 Å². The molecule has 3 rings (SSSR count). The first-order valence-electron chi connectivity index (χ1n) is 9.31. The number of carbonyl (C=O) groups is 1. The average Bonchev–Trinajstić information content (AvgIpc) is 2.68. The largest absolute Gasteiger partial charge is 0.326 e. The number of benzene rings is 2. The van der Waals surface area contributed by atoms with E-state index in [0.29, 0.717) is 29.0 Å². The predicted octanol–water partition coefficient (Wildman–Crippen LogP) is 3.25. The minimum atomic E-state index is -3.61. The highest BCUT2D eigenvalue weighted by Crippen LogP contribution is 2.27. The van der Waals surface area contributed by atoms with Gasteiger partial charge in [0, 0.05) is 36.8 Å². The smallest absolute Gasteiger partial charge is 0.271 e. The molecule has 1 saturated heterocycles. The number of carbonyl (C=O) groups excluding carboxylic acids is 1. The van der Waals surface area contributed by atoms with Crippen LogP contribution >= 0.6 is 0 Å². The molecule has 29 heavy (non-hydrogen) atoms. The van der Waals surface area contributed by atoms with Crippen molar-refractivity contribution in [2.45, 2.75) is 31.6 Å². The number of sulfonamides is 1. The molecule has 1 heterocycles. The van der Waals surface area contributed by atoms with Gasteiger partial charge in [0.1, 0.15) is 0 Å². The van der Waals surface area contributed by atoms with Crippen molar-refractivity contribution in [2.24, 2.45) is 5.92 Å². The topological polar surface area (TPSA) is 110 Å². The molecule has 0 spiro atoms. The number of aryl methyl sites for hydroxylation is 2. The molecule has 0 saturated carbocycles. The first-order valence-corrected chi connectivity index (χ1v) is 10.8. The van der Waals surface area contributed by atoms with Gasteiger partial charge in [0.15, 0.2) is 0 Å². The zero-order chi connectivity index (χ0) is 21.2. The SMILES string of the molecule is Cc1ccc(S(=O)(=O)N2CCC(C(=O)Nc3cccc([N+](=O)[O-])c3)CC2)c(C)c1. The lowest BCUT2D eigenvalue weighted by Crippen LogP contribution is -2.41. The molecular weight excluding hydrogens is 394 g/mol. The molecule has 2 aromatic rings. The van der Waals surface area contributed by atoms with Crippen LogP contribution in [0.4, 0.5) is 11.4 Å². The van der Waals surface area contributed by atoms with Gasteiger partial charge in [-0.25, -0.2) is 8.42 Å². The molecule has 9 heteroatoms. The van der Waals surface area contributed by atoms with E-state index in [0.717, 1.165) is 5.56 Å². The summed E-state index contributed by atoms with van der Waals surface area (Å²) in [5.41, 5.74) is 1.96. The Balaban J connectivity index is 1.64. The Morgan fingerprint density at radius 1 is 1.14 bits per heavy atom. The zero-order valence-corrected chi connectivity index (χ0v) is 17.1. The summed E-state index contributed by atoms with van der Waals surface area (Å²) < 4.78 is 27.3. The van der Waals surface area contributed by atoms with Crippen LogP contribution in [0.15, 0.2) is 47.4 Å². The zero-order valence-electron chi connectivity index (χ0n) is 16.3. The van der Waals surface area contributed by atoms with Crippen molar-refractivity contribution in [2.75, 3.05) is 18.4 Å². The van der Waals surface area contributed by atoms with Crippen LogP contribution in [-0.2, 0) is 14.8 Å². The lowest BCUT2D eigenvalue weighted by Gasteiger charge is -2.31. The molecule has 8 nitrogen and oxygen atoms in total. The minimum absolute atomic E-state index is 0.0998. The number of piperidine rings is 1. The summed E-state index contributed by atoms with van der Waals surface area (Å²) >= 11 is 0. The molecular formula is C20H23N3O5S. The highest BCUT2D eigenvalue weighted by molar-refractivity contribution is 7.89. The summed E-state index contributed by atoms with van der Waals surface area (Å²) in [7, 11) is -3.61. The molecule has 1 aliphatic rings. The Bertz CT molecular complexity index is 1040. The minimum Gasteiger partial charge on any atom is -0.326 e. The first kappa shape index (κ1) is 20.9. The Hall–Kier alpha value is -2.78. The highest BCUT2D eigenvalue weighted by Gasteiger charge is 2.32. The summed E-state index contributed by atoms with van der Waals surface area (Å²) in [5.74, 6) is -0.603. The van der Waals surface area contributed by atoms with Gasteiger partial charge in [-0.15, -0.1) is 0 Å². The fourth-order valence-electron chi connectivity index (χ4n) is 3.53. The van der Waals surface area contributed by atoms with Crippen LogP contribution in [0.1, 0.15) is 24.0 Å². The van der Waals surface area contributed by atoms with Gasteiger partial charge >= 0.3 is 0 Å². The van der Waals surface area contributed by atoms with Crippen molar-refractivity contribution in [1.29, 1.82) is 0 Å². The molecule has 0 aromatic heterocycles. The Morgan fingerprint density at radius 3 is 2.45 bits per heavy atom. The summed E-state index contributed by atoms with van der Waals surface area (Å²) in [6, 6.07) is 11.0. The fourth-order valence-corrected chi connectivity index (χ4v) is 5.20. The van der Waals surface area contributed by atoms with Gasteiger partial charge in [-0.3, -0.25) is 14.9 Å². The maximum Gasteiger partial charge on any atom is 0.271 e. The van der Waals surface area contributed by atoms with Crippen LogP contribution in [0.3, 0.4) is 0 Å². The van der Waals surface area contributed by atoms with E-state index in [-0.39, 0.29) is 30.6 Å². The van der Waals surface area contributed by atoms with Crippen molar-refractivity contribution in [3.8, 4) is 0 Å². The highest BCUT2D eigenvalue weighted by atomic mass is 32.2. The lowest BCUT2D eigenvalue weighted by molar-refractivity contribution is -0.384. The summed E-state index contributed by atoms with van der Waals surface area (Å²) in [6.07, 6.45) is 0.787. The number of nitro groups is 1. The van der Waals surface area contributed by atoms with E-state index in [1.165, 1.54) is 22.5 Å². The molecule has 0 radical (unpaired) electrons. The molecule has 1 amide bonds. The number of hydrogen-bond acceptors (Lipinski definition) is 5. The lowest BCUT2D eigenvalue weighted by atomic mass is 9.97. The predicted molar refractivity (Wildman–Crippen MR) is 109 cm³/mol. The third kappa shape index (κ3) is 4.63. The van der Waals surface area contributed by atoms with E-state index in [4.69, 9.17) is 0 Å². The van der Waals surface area contributed by atoms with Crippen molar-refractivity contribution in [1.82, 2.24) is 4.31 Å². The number of nitrogens with zero attached hydrogens (tertiary/aromatic N) is 2. The molecule has 0 unspecified atom stereocenters. The standard InChI is InChI=1S/C20H23N3O5S/c1-14-6-7-19(15(2)12-14)29(27,28)22-10-8-16(9-11-22)20(24)21-17-4-3-5-18(13-17)23(25)26/h3-7,12-13,16H,8-11H2,1-2H3,(H,21,24). The van der Waals surface area contributed by atoms with Gasteiger partial charge in [-0.05, 0) is 44.4 Å². The number of rotatable bonds is 5. The van der Waals surface area contributed by atoms with Gasteiger partial charge in [0.05, 0.1) is 9.82 Å². The van der Waals surface area contributed by atoms with Gasteiger partial charge in [-0.1, -0.05) is 23.8 Å². The number of amides is 1. The maximum atomic E-state index is 12.9. The van der Waals surface area contributed by atoms with Gasteiger partial charge in [-0.2, -0.15) is 4.31 Å². The monoisotopic (exact) mass is 417 g/mol. The molecule has 154 valence electrons. The Morgan fingerprint density at radius 2 is 1.83 bits per heavy atom. The van der Waals surface area contributed by atoms with E-state index in [1.807, 2.05) is 13.0 Å². The average molecular weight is 417 g/mol. The van der Waals surface area contributed by atoms with Crippen LogP contribution in [0.2, 0.25) is 0 Å². The third-order valence-electron chi connectivity index (χ3n) is 5.10. The van der Waals surface area contributed by atoms with Crippen molar-refractivity contribution in [3.05, 3.63) is 63.7 Å². The molecule has 2 aromatic carbocycles.